The van der Waals surface area contributed by atoms with Gasteiger partial charge in [-0.2, -0.15) is 0 Å². The van der Waals surface area contributed by atoms with Gasteiger partial charge in [-0.25, -0.2) is 4.98 Å². The molecule has 1 heterocycles. The van der Waals surface area contributed by atoms with Gasteiger partial charge in [0.15, 0.2) is 0 Å². The summed E-state index contributed by atoms with van der Waals surface area (Å²) >= 11 is 0. The number of anilines is 1. The first-order valence-electron chi connectivity index (χ1n) is 5.41. The number of phenols is 1. The van der Waals surface area contributed by atoms with Crippen molar-refractivity contribution in [2.45, 2.75) is 6.54 Å². The molecule has 6 nitrogen and oxygen atoms in total. The van der Waals surface area contributed by atoms with E-state index in [0.717, 1.165) is 5.82 Å². The second kappa shape index (κ2) is 4.79. The zero-order valence-corrected chi connectivity index (χ0v) is 9.92. The molecule has 18 heavy (non-hydrogen) atoms. The number of aromatic hydroxyl groups is 1. The van der Waals surface area contributed by atoms with Gasteiger partial charge in [-0.1, -0.05) is 0 Å². The summed E-state index contributed by atoms with van der Waals surface area (Å²) in [7, 11) is 1.85. The molecule has 0 spiro atoms. The molecule has 2 aromatic rings. The van der Waals surface area contributed by atoms with Gasteiger partial charge < -0.3 is 20.7 Å². The number of imidazole rings is 1. The highest BCUT2D eigenvalue weighted by Crippen LogP contribution is 2.20. The number of aryl methyl sites for hydroxylation is 1. The predicted octanol–water partition coefficient (Wildman–Crippen LogP) is 0.638. The van der Waals surface area contributed by atoms with E-state index in [9.17, 15) is 9.90 Å². The van der Waals surface area contributed by atoms with Gasteiger partial charge >= 0.3 is 0 Å². The Kier molecular flexibility index (Phi) is 3.18. The maximum atomic E-state index is 11.8. The highest BCUT2D eigenvalue weighted by atomic mass is 16.3. The topological polar surface area (TPSA) is 93.2 Å². The van der Waals surface area contributed by atoms with Crippen LogP contribution >= 0.6 is 0 Å². The number of nitrogens with zero attached hydrogens (tertiary/aromatic N) is 2. The molecule has 0 fully saturated rings. The molecule has 1 amide bonds. The third-order valence-corrected chi connectivity index (χ3v) is 2.62. The largest absolute Gasteiger partial charge is 0.506 e. The zero-order chi connectivity index (χ0) is 13.1. The minimum atomic E-state index is -0.284. The van der Waals surface area contributed by atoms with Crippen molar-refractivity contribution < 1.29 is 9.90 Å². The van der Waals surface area contributed by atoms with Crippen LogP contribution in [0.5, 0.6) is 5.75 Å². The minimum absolute atomic E-state index is 0.0976. The molecular weight excluding hydrogens is 232 g/mol. The van der Waals surface area contributed by atoms with Crippen molar-refractivity contribution in [3.05, 3.63) is 42.0 Å². The Morgan fingerprint density at radius 2 is 2.33 bits per heavy atom. The zero-order valence-electron chi connectivity index (χ0n) is 9.92. The van der Waals surface area contributed by atoms with Crippen LogP contribution in [0.2, 0.25) is 0 Å². The second-order valence-corrected chi connectivity index (χ2v) is 3.91. The summed E-state index contributed by atoms with van der Waals surface area (Å²) in [5.41, 5.74) is 6.07. The molecule has 0 aliphatic rings. The summed E-state index contributed by atoms with van der Waals surface area (Å²) in [6.07, 6.45) is 3.47. The second-order valence-electron chi connectivity index (χ2n) is 3.91. The Bertz CT molecular complexity index is 577. The molecule has 0 aliphatic heterocycles. The lowest BCUT2D eigenvalue weighted by Crippen LogP contribution is -2.24. The van der Waals surface area contributed by atoms with Gasteiger partial charge in [0.2, 0.25) is 0 Å². The number of hydrogen-bond donors (Lipinski definition) is 3. The lowest BCUT2D eigenvalue weighted by molar-refractivity contribution is 0.0949. The van der Waals surface area contributed by atoms with E-state index in [2.05, 4.69) is 10.3 Å². The SMILES string of the molecule is Cn1ccnc1CNC(=O)c1ccc(N)c(O)c1. The van der Waals surface area contributed by atoms with Crippen molar-refractivity contribution >= 4 is 11.6 Å². The summed E-state index contributed by atoms with van der Waals surface area (Å²) < 4.78 is 1.82. The van der Waals surface area contributed by atoms with Gasteiger partial charge in [0.05, 0.1) is 12.2 Å². The molecule has 2 rings (SSSR count). The molecule has 6 heteroatoms. The molecule has 0 aliphatic carbocycles. The number of nitrogen functional groups attached to an aromatic ring is 1. The van der Waals surface area contributed by atoms with Gasteiger partial charge in [-0.05, 0) is 18.2 Å². The maximum Gasteiger partial charge on any atom is 0.251 e. The first-order valence-corrected chi connectivity index (χ1v) is 5.41. The smallest absolute Gasteiger partial charge is 0.251 e. The lowest BCUT2D eigenvalue weighted by atomic mass is 10.2. The Morgan fingerprint density at radius 3 is 2.94 bits per heavy atom. The molecule has 0 bridgehead atoms. The van der Waals surface area contributed by atoms with E-state index in [1.807, 2.05) is 11.6 Å². The monoisotopic (exact) mass is 246 g/mol. The fraction of sp³-hybridized carbons (Fsp3) is 0.167. The number of nitrogens with two attached hydrogens (primary N) is 1. The Balaban J connectivity index is 2.04. The average molecular weight is 246 g/mol. The quantitative estimate of drug-likeness (QED) is 0.547. The van der Waals surface area contributed by atoms with Crippen LogP contribution in [0.25, 0.3) is 0 Å². The normalized spacial score (nSPS) is 10.3. The van der Waals surface area contributed by atoms with E-state index in [4.69, 9.17) is 5.73 Å². The minimum Gasteiger partial charge on any atom is -0.506 e. The number of phenolic OH excluding ortho intramolecular Hbond substituents is 1. The van der Waals surface area contributed by atoms with Crippen LogP contribution in [0.4, 0.5) is 5.69 Å². The molecule has 0 saturated heterocycles. The number of benzene rings is 1. The summed E-state index contributed by atoms with van der Waals surface area (Å²) in [5, 5.41) is 12.1. The number of nitrogens with one attached hydrogen (secondary N) is 1. The number of hydrogen-bond acceptors (Lipinski definition) is 4. The molecular formula is C12H14N4O2. The first kappa shape index (κ1) is 12.0. The number of aromatic nitrogens is 2. The van der Waals surface area contributed by atoms with Crippen molar-refractivity contribution in [1.29, 1.82) is 0 Å². The standard InChI is InChI=1S/C12H14N4O2/c1-16-5-4-14-11(16)7-15-12(18)8-2-3-9(13)10(17)6-8/h2-6,17H,7,13H2,1H3,(H,15,18). The van der Waals surface area contributed by atoms with Crippen LogP contribution in [-0.4, -0.2) is 20.6 Å². The summed E-state index contributed by atoms with van der Waals surface area (Å²) in [6, 6.07) is 4.39. The van der Waals surface area contributed by atoms with Crippen LogP contribution in [0.1, 0.15) is 16.2 Å². The van der Waals surface area contributed by atoms with Gasteiger partial charge in [0.25, 0.3) is 5.91 Å². The molecule has 94 valence electrons. The Labute approximate surface area is 104 Å². The number of amides is 1. The van der Waals surface area contributed by atoms with Crippen LogP contribution in [0.15, 0.2) is 30.6 Å². The van der Waals surface area contributed by atoms with E-state index in [1.165, 1.54) is 12.1 Å². The molecule has 1 aromatic carbocycles. The van der Waals surface area contributed by atoms with E-state index < -0.39 is 0 Å². The van der Waals surface area contributed by atoms with Gasteiger partial charge in [-0.15, -0.1) is 0 Å². The van der Waals surface area contributed by atoms with Crippen LogP contribution in [0, 0.1) is 0 Å². The fourth-order valence-electron chi connectivity index (χ4n) is 1.51. The van der Waals surface area contributed by atoms with E-state index in [-0.39, 0.29) is 17.3 Å². The van der Waals surface area contributed by atoms with Crippen molar-refractivity contribution in [2.75, 3.05) is 5.73 Å². The van der Waals surface area contributed by atoms with Crippen molar-refractivity contribution in [3.8, 4) is 5.75 Å². The third-order valence-electron chi connectivity index (χ3n) is 2.62. The van der Waals surface area contributed by atoms with Crippen LogP contribution in [-0.2, 0) is 13.6 Å². The molecule has 0 unspecified atom stereocenters. The van der Waals surface area contributed by atoms with Crippen LogP contribution in [0.3, 0.4) is 0 Å². The fourth-order valence-corrected chi connectivity index (χ4v) is 1.51. The third kappa shape index (κ3) is 2.42. The number of rotatable bonds is 3. The van der Waals surface area contributed by atoms with Crippen LogP contribution < -0.4 is 11.1 Å². The number of carbonyl (C=O) groups excluding carboxylic acids is 1. The first-order chi connectivity index (χ1) is 8.58. The van der Waals surface area contributed by atoms with Gasteiger partial charge in [0, 0.05) is 25.0 Å². The molecule has 4 N–H and O–H groups in total. The van der Waals surface area contributed by atoms with Crippen molar-refractivity contribution in [2.24, 2.45) is 7.05 Å². The maximum absolute atomic E-state index is 11.8. The lowest BCUT2D eigenvalue weighted by Gasteiger charge is -2.06. The Morgan fingerprint density at radius 1 is 1.56 bits per heavy atom. The molecule has 1 aromatic heterocycles. The average Bonchev–Trinajstić information content (AvgIpc) is 2.75. The number of carbonyl (C=O) groups is 1. The highest BCUT2D eigenvalue weighted by Gasteiger charge is 2.08. The van der Waals surface area contributed by atoms with Gasteiger partial charge in [0.1, 0.15) is 11.6 Å². The van der Waals surface area contributed by atoms with E-state index in [1.54, 1.807) is 18.5 Å². The summed E-state index contributed by atoms with van der Waals surface area (Å²) in [5.74, 6) is 0.371. The van der Waals surface area contributed by atoms with Crippen molar-refractivity contribution in [3.63, 3.8) is 0 Å². The van der Waals surface area contributed by atoms with Gasteiger partial charge in [-0.3, -0.25) is 4.79 Å². The molecule has 0 saturated carbocycles. The summed E-state index contributed by atoms with van der Waals surface area (Å²) in [4.78, 5) is 15.9. The molecule has 0 radical (unpaired) electrons. The van der Waals surface area contributed by atoms with Crippen molar-refractivity contribution in [1.82, 2.24) is 14.9 Å². The summed E-state index contributed by atoms with van der Waals surface area (Å²) in [6.45, 7) is 0.327. The Hall–Kier alpha value is -2.50. The predicted molar refractivity (Wildman–Crippen MR) is 66.9 cm³/mol. The molecule has 0 atom stereocenters. The van der Waals surface area contributed by atoms with E-state index >= 15 is 0 Å². The highest BCUT2D eigenvalue weighted by molar-refractivity contribution is 5.95. The van der Waals surface area contributed by atoms with E-state index in [0.29, 0.717) is 12.1 Å².